The van der Waals surface area contributed by atoms with Gasteiger partial charge in [-0.15, -0.1) is 11.3 Å². The third kappa shape index (κ3) is 4.24. The van der Waals surface area contributed by atoms with Crippen LogP contribution in [0.4, 0.5) is 0 Å². The topological polar surface area (TPSA) is 72.0 Å². The quantitative estimate of drug-likeness (QED) is 0.550. The number of hydrogen-bond donors (Lipinski definition) is 1. The Kier molecular flexibility index (Phi) is 5.45. The molecule has 0 unspecified atom stereocenters. The van der Waals surface area contributed by atoms with Crippen LogP contribution in [-0.2, 0) is 16.0 Å². The zero-order chi connectivity index (χ0) is 17.8. The Morgan fingerprint density at radius 1 is 1.12 bits per heavy atom. The number of benzene rings is 1. The smallest absolute Gasteiger partial charge is 0.236 e. The largest absolute Gasteiger partial charge is 0.295 e. The monoisotopic (exact) mass is 371 g/mol. The molecule has 0 atom stereocenters. The molecule has 5 nitrogen and oxygen atoms in total. The number of hydrogen-bond acceptors (Lipinski definition) is 6. The molecule has 0 radical (unpaired) electrons. The lowest BCUT2D eigenvalue weighted by Crippen LogP contribution is -2.33. The van der Waals surface area contributed by atoms with Crippen LogP contribution in [0.2, 0.25) is 0 Å². The van der Waals surface area contributed by atoms with E-state index in [0.29, 0.717) is 0 Å². The summed E-state index contributed by atoms with van der Waals surface area (Å²) in [6.07, 6.45) is 1.70. The Labute approximate surface area is 153 Å². The van der Waals surface area contributed by atoms with Crippen molar-refractivity contribution < 1.29 is 9.59 Å². The number of carbonyl (C=O) groups excluding carboxylic acids is 2. The lowest BCUT2D eigenvalue weighted by molar-refractivity contribution is -0.128. The average Bonchev–Trinajstić information content (AvgIpc) is 2.89. The number of thiophene rings is 1. The fraction of sp³-hybridized carbons (Fsp3) is 0.222. The highest BCUT2D eigenvalue weighted by Gasteiger charge is 2.14. The summed E-state index contributed by atoms with van der Waals surface area (Å²) in [6.45, 7) is 4.08. The fourth-order valence-electron chi connectivity index (χ4n) is 2.41. The molecule has 128 valence electrons. The highest BCUT2D eigenvalue weighted by Crippen LogP contribution is 2.34. The van der Waals surface area contributed by atoms with Crippen molar-refractivity contribution in [3.63, 3.8) is 0 Å². The Bertz CT molecular complexity index is 923. The predicted octanol–water partition coefficient (Wildman–Crippen LogP) is 3.29. The maximum Gasteiger partial charge on any atom is 0.236 e. The van der Waals surface area contributed by atoms with Crippen LogP contribution in [0.3, 0.4) is 0 Å². The maximum absolute atomic E-state index is 12.0. The second kappa shape index (κ2) is 7.76. The molecule has 2 heterocycles. The van der Waals surface area contributed by atoms with Crippen LogP contribution in [-0.4, -0.2) is 27.5 Å². The first kappa shape index (κ1) is 17.6. The van der Waals surface area contributed by atoms with E-state index in [1.54, 1.807) is 11.3 Å². The molecule has 0 saturated heterocycles. The van der Waals surface area contributed by atoms with Crippen molar-refractivity contribution in [1.82, 2.24) is 15.3 Å². The van der Waals surface area contributed by atoms with Crippen molar-refractivity contribution >= 4 is 45.1 Å². The van der Waals surface area contributed by atoms with Gasteiger partial charge in [0, 0.05) is 10.3 Å². The van der Waals surface area contributed by atoms with E-state index < -0.39 is 0 Å². The van der Waals surface area contributed by atoms with Crippen LogP contribution in [0.1, 0.15) is 16.0 Å². The summed E-state index contributed by atoms with van der Waals surface area (Å²) in [7, 11) is 0. The highest BCUT2D eigenvalue weighted by atomic mass is 32.2. The van der Waals surface area contributed by atoms with E-state index in [-0.39, 0.29) is 24.0 Å². The van der Waals surface area contributed by atoms with Gasteiger partial charge in [0.15, 0.2) is 0 Å². The van der Waals surface area contributed by atoms with E-state index in [1.165, 1.54) is 23.0 Å². The molecular weight excluding hydrogens is 354 g/mol. The molecule has 7 heteroatoms. The molecule has 0 fully saturated rings. The van der Waals surface area contributed by atoms with Crippen LogP contribution in [0.15, 0.2) is 41.7 Å². The number of aromatic nitrogens is 2. The van der Waals surface area contributed by atoms with Gasteiger partial charge in [-0.2, -0.15) is 0 Å². The molecule has 0 aliphatic heterocycles. The van der Waals surface area contributed by atoms with Gasteiger partial charge in [-0.25, -0.2) is 9.97 Å². The summed E-state index contributed by atoms with van der Waals surface area (Å²) in [5, 5.41) is 4.20. The molecule has 1 N–H and O–H groups in total. The van der Waals surface area contributed by atoms with Gasteiger partial charge in [-0.1, -0.05) is 42.1 Å². The Morgan fingerprint density at radius 2 is 1.88 bits per heavy atom. The van der Waals surface area contributed by atoms with Crippen LogP contribution in [0, 0.1) is 13.8 Å². The molecule has 0 bridgehead atoms. The van der Waals surface area contributed by atoms with Gasteiger partial charge in [0.25, 0.3) is 0 Å². The van der Waals surface area contributed by atoms with E-state index in [1.807, 2.05) is 44.2 Å². The Morgan fingerprint density at radius 3 is 2.64 bits per heavy atom. The number of amides is 2. The number of fused-ring (bicyclic) bond motifs is 1. The molecular formula is C18H17N3O2S2. The molecule has 3 rings (SSSR count). The molecule has 2 aromatic heterocycles. The molecule has 0 saturated carbocycles. The number of aryl methyl sites for hydroxylation is 2. The predicted molar refractivity (Wildman–Crippen MR) is 101 cm³/mol. The van der Waals surface area contributed by atoms with Crippen molar-refractivity contribution in [2.45, 2.75) is 25.3 Å². The van der Waals surface area contributed by atoms with Gasteiger partial charge in [0.1, 0.15) is 16.2 Å². The first-order valence-corrected chi connectivity index (χ1v) is 9.55. The van der Waals surface area contributed by atoms with Gasteiger partial charge >= 0.3 is 0 Å². The molecule has 0 aliphatic carbocycles. The van der Waals surface area contributed by atoms with E-state index >= 15 is 0 Å². The summed E-state index contributed by atoms with van der Waals surface area (Å²) in [5.41, 5.74) is 2.02. The number of carbonyl (C=O) groups is 2. The normalized spacial score (nSPS) is 10.8. The number of imide groups is 1. The van der Waals surface area contributed by atoms with Crippen molar-refractivity contribution in [2.75, 3.05) is 5.75 Å². The van der Waals surface area contributed by atoms with Crippen molar-refractivity contribution in [2.24, 2.45) is 0 Å². The minimum absolute atomic E-state index is 0.140. The highest BCUT2D eigenvalue weighted by molar-refractivity contribution is 8.00. The van der Waals surface area contributed by atoms with Crippen LogP contribution in [0.25, 0.3) is 10.2 Å². The SMILES string of the molecule is Cc1sc2ncnc(SCC(=O)NC(=O)Cc3ccccc3)c2c1C. The lowest BCUT2D eigenvalue weighted by atomic mass is 10.1. The first-order chi connectivity index (χ1) is 12.0. The van der Waals surface area contributed by atoms with Gasteiger partial charge in [0.05, 0.1) is 12.2 Å². The van der Waals surface area contributed by atoms with Crippen molar-refractivity contribution in [3.05, 3.63) is 52.7 Å². The standard InChI is InChI=1S/C18H17N3O2S2/c1-11-12(2)25-18-16(11)17(19-10-20-18)24-9-15(23)21-14(22)8-13-6-4-3-5-7-13/h3-7,10H,8-9H2,1-2H3,(H,21,22,23). The second-order valence-electron chi connectivity index (χ2n) is 5.56. The molecule has 0 aliphatic rings. The molecule has 2 amide bonds. The number of nitrogens with zero attached hydrogens (tertiary/aromatic N) is 2. The summed E-state index contributed by atoms with van der Waals surface area (Å²) in [5.74, 6) is -0.476. The number of thioether (sulfide) groups is 1. The second-order valence-corrected chi connectivity index (χ2v) is 7.73. The molecule has 0 spiro atoms. The average molecular weight is 371 g/mol. The van der Waals surface area contributed by atoms with Crippen LogP contribution >= 0.6 is 23.1 Å². The lowest BCUT2D eigenvalue weighted by Gasteiger charge is -2.05. The van der Waals surface area contributed by atoms with Crippen LogP contribution in [0.5, 0.6) is 0 Å². The van der Waals surface area contributed by atoms with Crippen LogP contribution < -0.4 is 5.32 Å². The minimum Gasteiger partial charge on any atom is -0.295 e. The van der Waals surface area contributed by atoms with Gasteiger partial charge in [-0.05, 0) is 25.0 Å². The van der Waals surface area contributed by atoms with E-state index in [0.717, 1.165) is 26.4 Å². The Balaban J connectivity index is 1.60. The number of nitrogens with one attached hydrogen (secondary N) is 1. The molecule has 1 aromatic carbocycles. The third-order valence-electron chi connectivity index (χ3n) is 3.76. The zero-order valence-corrected chi connectivity index (χ0v) is 15.5. The van der Waals surface area contributed by atoms with Gasteiger partial charge < -0.3 is 0 Å². The molecule has 25 heavy (non-hydrogen) atoms. The van der Waals surface area contributed by atoms with Gasteiger partial charge in [0.2, 0.25) is 11.8 Å². The summed E-state index contributed by atoms with van der Waals surface area (Å²) in [6, 6.07) is 9.34. The summed E-state index contributed by atoms with van der Waals surface area (Å²) >= 11 is 2.95. The zero-order valence-electron chi connectivity index (χ0n) is 13.9. The van der Waals surface area contributed by atoms with Crippen molar-refractivity contribution in [1.29, 1.82) is 0 Å². The molecule has 3 aromatic rings. The fourth-order valence-corrected chi connectivity index (χ4v) is 4.33. The number of rotatable bonds is 5. The maximum atomic E-state index is 12.0. The van der Waals surface area contributed by atoms with E-state index in [2.05, 4.69) is 15.3 Å². The third-order valence-corrected chi connectivity index (χ3v) is 5.86. The summed E-state index contributed by atoms with van der Waals surface area (Å²) < 4.78 is 0. The van der Waals surface area contributed by atoms with E-state index in [9.17, 15) is 9.59 Å². The minimum atomic E-state index is -0.317. The summed E-state index contributed by atoms with van der Waals surface area (Å²) in [4.78, 5) is 34.7. The Hall–Kier alpha value is -2.25. The van der Waals surface area contributed by atoms with Gasteiger partial charge in [-0.3, -0.25) is 14.9 Å². The first-order valence-electron chi connectivity index (χ1n) is 7.74. The van der Waals surface area contributed by atoms with E-state index in [4.69, 9.17) is 0 Å². The van der Waals surface area contributed by atoms with Crippen molar-refractivity contribution in [3.8, 4) is 0 Å².